The summed E-state index contributed by atoms with van der Waals surface area (Å²) in [6.07, 6.45) is 1.62. The average Bonchev–Trinajstić information content (AvgIpc) is 3.00. The predicted octanol–water partition coefficient (Wildman–Crippen LogP) is 5.36. The SMILES string of the molecule is Cc1cc(/C=C(\C#N)C(=O)Nc2ccc(Cl)cc2)c(C)n1-c1ccc(N(C)C)cc1. The number of nitrogens with one attached hydrogen (secondary N) is 1. The van der Waals surface area contributed by atoms with E-state index in [-0.39, 0.29) is 5.57 Å². The first-order valence-corrected chi connectivity index (χ1v) is 9.83. The van der Waals surface area contributed by atoms with Gasteiger partial charge in [0.15, 0.2) is 0 Å². The van der Waals surface area contributed by atoms with Crippen molar-refractivity contribution in [3.05, 3.63) is 82.1 Å². The van der Waals surface area contributed by atoms with Crippen LogP contribution in [0.5, 0.6) is 0 Å². The fraction of sp³-hybridized carbons (Fsp3) is 0.167. The topological polar surface area (TPSA) is 61.1 Å². The molecule has 0 spiro atoms. The first-order chi connectivity index (χ1) is 14.3. The summed E-state index contributed by atoms with van der Waals surface area (Å²) in [6.45, 7) is 3.98. The molecule has 0 radical (unpaired) electrons. The van der Waals surface area contributed by atoms with Crippen LogP contribution in [0.4, 0.5) is 11.4 Å². The van der Waals surface area contributed by atoms with Crippen molar-refractivity contribution < 1.29 is 4.79 Å². The number of rotatable bonds is 5. The van der Waals surface area contributed by atoms with Crippen LogP contribution >= 0.6 is 11.6 Å². The summed E-state index contributed by atoms with van der Waals surface area (Å²) in [5, 5.41) is 12.8. The third-order valence-electron chi connectivity index (χ3n) is 4.86. The molecule has 1 aromatic heterocycles. The first-order valence-electron chi connectivity index (χ1n) is 9.45. The first kappa shape index (κ1) is 21.2. The second-order valence-electron chi connectivity index (χ2n) is 7.20. The lowest BCUT2D eigenvalue weighted by atomic mass is 10.1. The Labute approximate surface area is 181 Å². The quantitative estimate of drug-likeness (QED) is 0.448. The summed E-state index contributed by atoms with van der Waals surface area (Å²) in [7, 11) is 4.01. The van der Waals surface area contributed by atoms with Gasteiger partial charge in [0, 0.05) is 47.6 Å². The summed E-state index contributed by atoms with van der Waals surface area (Å²) in [6, 6.07) is 19.0. The Morgan fingerprint density at radius 1 is 1.10 bits per heavy atom. The van der Waals surface area contributed by atoms with Gasteiger partial charge in [0.1, 0.15) is 11.6 Å². The number of aryl methyl sites for hydroxylation is 1. The predicted molar refractivity (Wildman–Crippen MR) is 123 cm³/mol. The minimum absolute atomic E-state index is 0.0353. The molecule has 0 atom stereocenters. The van der Waals surface area contributed by atoms with Crippen LogP contribution in [-0.4, -0.2) is 24.6 Å². The fourth-order valence-corrected chi connectivity index (χ4v) is 3.39. The maximum atomic E-state index is 12.6. The van der Waals surface area contributed by atoms with E-state index in [2.05, 4.69) is 34.1 Å². The van der Waals surface area contributed by atoms with E-state index in [0.29, 0.717) is 10.7 Å². The molecule has 0 saturated heterocycles. The van der Waals surface area contributed by atoms with E-state index in [4.69, 9.17) is 11.6 Å². The van der Waals surface area contributed by atoms with Crippen molar-refractivity contribution in [2.75, 3.05) is 24.3 Å². The Morgan fingerprint density at radius 3 is 2.30 bits per heavy atom. The number of nitriles is 1. The van der Waals surface area contributed by atoms with Crippen molar-refractivity contribution in [1.82, 2.24) is 4.57 Å². The molecule has 0 aliphatic heterocycles. The monoisotopic (exact) mass is 418 g/mol. The van der Waals surface area contributed by atoms with Crippen LogP contribution in [0.1, 0.15) is 17.0 Å². The van der Waals surface area contributed by atoms with Crippen LogP contribution in [-0.2, 0) is 4.79 Å². The molecule has 1 amide bonds. The largest absolute Gasteiger partial charge is 0.378 e. The van der Waals surface area contributed by atoms with Crippen molar-refractivity contribution in [2.24, 2.45) is 0 Å². The highest BCUT2D eigenvalue weighted by molar-refractivity contribution is 6.30. The van der Waals surface area contributed by atoms with Crippen molar-refractivity contribution in [3.63, 3.8) is 0 Å². The number of carbonyl (C=O) groups excluding carboxylic acids is 1. The van der Waals surface area contributed by atoms with Gasteiger partial charge in [0.25, 0.3) is 5.91 Å². The van der Waals surface area contributed by atoms with E-state index in [9.17, 15) is 10.1 Å². The smallest absolute Gasteiger partial charge is 0.266 e. The fourth-order valence-electron chi connectivity index (χ4n) is 3.27. The molecule has 30 heavy (non-hydrogen) atoms. The number of hydrogen-bond acceptors (Lipinski definition) is 3. The number of anilines is 2. The summed E-state index contributed by atoms with van der Waals surface area (Å²) in [5.74, 6) is -0.458. The van der Waals surface area contributed by atoms with Crippen LogP contribution < -0.4 is 10.2 Å². The van der Waals surface area contributed by atoms with Gasteiger partial charge in [-0.3, -0.25) is 4.79 Å². The third kappa shape index (κ3) is 4.56. The summed E-state index contributed by atoms with van der Waals surface area (Å²) in [4.78, 5) is 14.6. The van der Waals surface area contributed by atoms with Gasteiger partial charge in [-0.1, -0.05) is 11.6 Å². The van der Waals surface area contributed by atoms with Crippen molar-refractivity contribution >= 4 is 35.0 Å². The standard InChI is InChI=1S/C24H23ClN4O/c1-16-13-18(17(2)29(16)23-11-9-22(10-12-23)28(3)4)14-19(15-26)24(30)27-21-7-5-20(25)6-8-21/h5-14H,1-4H3,(H,27,30)/b19-14+. The number of nitrogens with zero attached hydrogens (tertiary/aromatic N) is 3. The van der Waals surface area contributed by atoms with Crippen molar-refractivity contribution in [2.45, 2.75) is 13.8 Å². The van der Waals surface area contributed by atoms with Gasteiger partial charge >= 0.3 is 0 Å². The Balaban J connectivity index is 1.90. The van der Waals surface area contributed by atoms with Gasteiger partial charge < -0.3 is 14.8 Å². The number of aromatic nitrogens is 1. The Hall–Kier alpha value is -3.49. The minimum Gasteiger partial charge on any atom is -0.378 e. The average molecular weight is 419 g/mol. The molecular formula is C24H23ClN4O. The van der Waals surface area contributed by atoms with E-state index < -0.39 is 5.91 Å². The highest BCUT2D eigenvalue weighted by atomic mass is 35.5. The molecule has 0 bridgehead atoms. The lowest BCUT2D eigenvalue weighted by Gasteiger charge is -2.14. The van der Waals surface area contributed by atoms with Gasteiger partial charge in [0.05, 0.1) is 0 Å². The molecule has 152 valence electrons. The number of carbonyl (C=O) groups is 1. The highest BCUT2D eigenvalue weighted by Crippen LogP contribution is 2.25. The maximum Gasteiger partial charge on any atom is 0.266 e. The second kappa shape index (κ2) is 8.89. The maximum absolute atomic E-state index is 12.6. The Morgan fingerprint density at radius 2 is 1.73 bits per heavy atom. The molecule has 5 nitrogen and oxygen atoms in total. The van der Waals surface area contributed by atoms with Crippen LogP contribution in [0.25, 0.3) is 11.8 Å². The van der Waals surface area contributed by atoms with Gasteiger partial charge in [-0.05, 0) is 80.1 Å². The molecule has 2 aromatic carbocycles. The van der Waals surface area contributed by atoms with E-state index in [0.717, 1.165) is 28.3 Å². The van der Waals surface area contributed by atoms with Gasteiger partial charge in [-0.2, -0.15) is 5.26 Å². The van der Waals surface area contributed by atoms with Gasteiger partial charge in [-0.15, -0.1) is 0 Å². The van der Waals surface area contributed by atoms with Crippen LogP contribution in [0.15, 0.2) is 60.2 Å². The lowest BCUT2D eigenvalue weighted by Crippen LogP contribution is -2.13. The summed E-state index contributed by atoms with van der Waals surface area (Å²) < 4.78 is 2.11. The molecule has 0 aliphatic carbocycles. The molecular weight excluding hydrogens is 396 g/mol. The summed E-state index contributed by atoms with van der Waals surface area (Å²) >= 11 is 5.87. The van der Waals surface area contributed by atoms with Crippen molar-refractivity contribution in [1.29, 1.82) is 5.26 Å². The van der Waals surface area contributed by atoms with Crippen LogP contribution in [0.2, 0.25) is 5.02 Å². The molecule has 0 aliphatic rings. The Bertz CT molecular complexity index is 1130. The molecule has 0 saturated carbocycles. The third-order valence-corrected chi connectivity index (χ3v) is 5.11. The molecule has 3 aromatic rings. The molecule has 0 fully saturated rings. The Kier molecular flexibility index (Phi) is 6.29. The normalized spacial score (nSPS) is 11.1. The summed E-state index contributed by atoms with van der Waals surface area (Å²) in [5.41, 5.74) is 5.56. The highest BCUT2D eigenvalue weighted by Gasteiger charge is 2.14. The van der Waals surface area contributed by atoms with Gasteiger partial charge in [0.2, 0.25) is 0 Å². The number of benzene rings is 2. The zero-order valence-electron chi connectivity index (χ0n) is 17.4. The number of amides is 1. The van der Waals surface area contributed by atoms with Crippen LogP contribution in [0.3, 0.4) is 0 Å². The molecule has 6 heteroatoms. The van der Waals surface area contributed by atoms with Crippen LogP contribution in [0, 0.1) is 25.2 Å². The molecule has 3 rings (SSSR count). The van der Waals surface area contributed by atoms with E-state index in [1.807, 2.05) is 45.0 Å². The van der Waals surface area contributed by atoms with E-state index in [1.165, 1.54) is 0 Å². The number of halogens is 1. The minimum atomic E-state index is -0.458. The number of hydrogen-bond donors (Lipinski definition) is 1. The van der Waals surface area contributed by atoms with E-state index >= 15 is 0 Å². The zero-order valence-corrected chi connectivity index (χ0v) is 18.2. The molecule has 1 N–H and O–H groups in total. The van der Waals surface area contributed by atoms with E-state index in [1.54, 1.807) is 30.3 Å². The second-order valence-corrected chi connectivity index (χ2v) is 7.64. The molecule has 0 unspecified atom stereocenters. The van der Waals surface area contributed by atoms with Crippen molar-refractivity contribution in [3.8, 4) is 11.8 Å². The zero-order chi connectivity index (χ0) is 21.8. The molecule has 1 heterocycles. The lowest BCUT2D eigenvalue weighted by molar-refractivity contribution is -0.112. The van der Waals surface area contributed by atoms with Gasteiger partial charge in [-0.25, -0.2) is 0 Å².